The van der Waals surface area contributed by atoms with Crippen LogP contribution in [0.25, 0.3) is 0 Å². The Hall–Kier alpha value is -0.130. The molecule has 5 heteroatoms. The van der Waals surface area contributed by atoms with E-state index >= 15 is 0 Å². The lowest BCUT2D eigenvalue weighted by Crippen LogP contribution is -2.17. The van der Waals surface area contributed by atoms with Gasteiger partial charge >= 0.3 is 0 Å². The molecule has 0 bridgehead atoms. The van der Waals surface area contributed by atoms with E-state index in [2.05, 4.69) is 6.92 Å². The zero-order valence-electron chi connectivity index (χ0n) is 12.3. The Balaban J connectivity index is 3.47. The summed E-state index contributed by atoms with van der Waals surface area (Å²) in [5.74, 6) is 0. The molecule has 0 fully saturated rings. The van der Waals surface area contributed by atoms with Crippen molar-refractivity contribution in [1.29, 1.82) is 0 Å². The summed E-state index contributed by atoms with van der Waals surface area (Å²) in [6.07, 6.45) is 9.38. The van der Waals surface area contributed by atoms with Crippen LogP contribution in [0, 0.1) is 0 Å². The Kier molecular flexibility index (Phi) is 10.6. The number of unbranched alkanes of at least 4 members (excludes halogenated alkanes) is 5. The predicted molar refractivity (Wildman–Crippen MR) is 78.9 cm³/mol. The fraction of sp³-hybridized carbons (Fsp3) is 1.00. The molecule has 2 unspecified atom stereocenters. The van der Waals surface area contributed by atoms with Crippen LogP contribution in [-0.4, -0.2) is 29.4 Å². The van der Waals surface area contributed by atoms with E-state index in [0.29, 0.717) is 19.3 Å². The molecule has 4 nitrogen and oxygen atoms in total. The summed E-state index contributed by atoms with van der Waals surface area (Å²) in [7, 11) is -3.91. The van der Waals surface area contributed by atoms with Crippen molar-refractivity contribution in [1.82, 2.24) is 0 Å². The normalized spacial score (nSPS) is 15.4. The first kappa shape index (κ1) is 18.9. The van der Waals surface area contributed by atoms with Crippen LogP contribution in [0.15, 0.2) is 0 Å². The molecule has 2 atom stereocenters. The van der Waals surface area contributed by atoms with E-state index in [1.807, 2.05) is 0 Å². The van der Waals surface area contributed by atoms with Gasteiger partial charge in [-0.15, -0.1) is 0 Å². The van der Waals surface area contributed by atoms with E-state index < -0.39 is 15.4 Å². The minimum absolute atomic E-state index is 0.334. The second-order valence-electron chi connectivity index (χ2n) is 5.47. The Morgan fingerprint density at radius 3 is 2.00 bits per heavy atom. The van der Waals surface area contributed by atoms with Gasteiger partial charge in [0, 0.05) is 0 Å². The summed E-state index contributed by atoms with van der Waals surface area (Å²) in [6, 6.07) is 0. The molecule has 0 aromatic heterocycles. The topological polar surface area (TPSA) is 74.6 Å². The van der Waals surface area contributed by atoms with Gasteiger partial charge in [0.1, 0.15) is 0 Å². The van der Waals surface area contributed by atoms with Gasteiger partial charge < -0.3 is 5.11 Å². The Morgan fingerprint density at radius 1 is 0.895 bits per heavy atom. The first-order valence-corrected chi connectivity index (χ1v) is 9.02. The summed E-state index contributed by atoms with van der Waals surface area (Å²) in [4.78, 5) is 0. The minimum atomic E-state index is -3.91. The maximum Gasteiger partial charge on any atom is 0.267 e. The van der Waals surface area contributed by atoms with Gasteiger partial charge in [-0.3, -0.25) is 4.55 Å². The largest absolute Gasteiger partial charge is 0.393 e. The van der Waals surface area contributed by atoms with Crippen LogP contribution in [0.2, 0.25) is 0 Å². The highest BCUT2D eigenvalue weighted by Crippen LogP contribution is 2.14. The number of hydrogen-bond donors (Lipinski definition) is 2. The maximum atomic E-state index is 10.8. The average molecular weight is 294 g/mol. The molecule has 0 aliphatic heterocycles. The molecular weight excluding hydrogens is 264 g/mol. The Bertz CT molecular complexity index is 301. The standard InChI is InChI=1S/C14H30O4S/c1-3-4-5-6-7-8-11-14(15)12-9-10-13(2)19(16,17)18/h13-15H,3-12H2,1-2H3,(H,16,17,18). The predicted octanol–water partition coefficient (Wildman–Crippen LogP) is 3.54. The number of hydrogen-bond acceptors (Lipinski definition) is 3. The molecule has 0 rings (SSSR count). The van der Waals surface area contributed by atoms with E-state index in [1.165, 1.54) is 39.0 Å². The van der Waals surface area contributed by atoms with Gasteiger partial charge in [0.05, 0.1) is 11.4 Å². The molecule has 0 heterocycles. The minimum Gasteiger partial charge on any atom is -0.393 e. The van der Waals surface area contributed by atoms with Crippen molar-refractivity contribution in [3.8, 4) is 0 Å². The molecular formula is C14H30O4S. The van der Waals surface area contributed by atoms with Crippen LogP contribution in [0.1, 0.15) is 78.1 Å². The van der Waals surface area contributed by atoms with Crippen LogP contribution in [0.5, 0.6) is 0 Å². The third-order valence-electron chi connectivity index (χ3n) is 3.55. The molecule has 19 heavy (non-hydrogen) atoms. The smallest absolute Gasteiger partial charge is 0.267 e. The van der Waals surface area contributed by atoms with Crippen molar-refractivity contribution in [3.63, 3.8) is 0 Å². The zero-order chi connectivity index (χ0) is 14.7. The monoisotopic (exact) mass is 294 g/mol. The van der Waals surface area contributed by atoms with Crippen molar-refractivity contribution in [2.24, 2.45) is 0 Å². The fourth-order valence-corrected chi connectivity index (χ4v) is 2.56. The highest BCUT2D eigenvalue weighted by molar-refractivity contribution is 7.86. The average Bonchev–Trinajstić information content (AvgIpc) is 2.32. The molecule has 0 radical (unpaired) electrons. The van der Waals surface area contributed by atoms with Crippen molar-refractivity contribution < 1.29 is 18.1 Å². The van der Waals surface area contributed by atoms with Crippen molar-refractivity contribution >= 4 is 10.1 Å². The van der Waals surface area contributed by atoms with Gasteiger partial charge in [-0.1, -0.05) is 45.4 Å². The molecule has 0 saturated heterocycles. The van der Waals surface area contributed by atoms with E-state index in [9.17, 15) is 13.5 Å². The summed E-state index contributed by atoms with van der Waals surface area (Å²) >= 11 is 0. The SMILES string of the molecule is CCCCCCCCC(O)CCCC(C)S(=O)(=O)O. The molecule has 0 spiro atoms. The quantitative estimate of drug-likeness (QED) is 0.426. The highest BCUT2D eigenvalue weighted by Gasteiger charge is 2.17. The third-order valence-corrected chi connectivity index (χ3v) is 4.80. The third kappa shape index (κ3) is 11.4. The number of rotatable bonds is 12. The summed E-state index contributed by atoms with van der Waals surface area (Å²) < 4.78 is 30.4. The molecule has 0 aliphatic rings. The van der Waals surface area contributed by atoms with Gasteiger partial charge in [0.25, 0.3) is 10.1 Å². The first-order valence-electron chi connectivity index (χ1n) is 7.52. The van der Waals surface area contributed by atoms with Gasteiger partial charge in [0.2, 0.25) is 0 Å². The molecule has 0 amide bonds. The van der Waals surface area contributed by atoms with Gasteiger partial charge in [-0.2, -0.15) is 8.42 Å². The zero-order valence-corrected chi connectivity index (χ0v) is 13.2. The lowest BCUT2D eigenvalue weighted by molar-refractivity contribution is 0.147. The van der Waals surface area contributed by atoms with E-state index in [-0.39, 0.29) is 6.10 Å². The fourth-order valence-electron chi connectivity index (χ4n) is 2.09. The van der Waals surface area contributed by atoms with Gasteiger partial charge in [-0.25, -0.2) is 0 Å². The molecule has 0 saturated carbocycles. The van der Waals surface area contributed by atoms with Gasteiger partial charge in [0.15, 0.2) is 0 Å². The first-order chi connectivity index (χ1) is 8.88. The van der Waals surface area contributed by atoms with Crippen LogP contribution < -0.4 is 0 Å². The van der Waals surface area contributed by atoms with Crippen LogP contribution in [0.3, 0.4) is 0 Å². The molecule has 2 N–H and O–H groups in total. The maximum absolute atomic E-state index is 10.8. The molecule has 0 aliphatic carbocycles. The van der Waals surface area contributed by atoms with E-state index in [1.54, 1.807) is 0 Å². The summed E-state index contributed by atoms with van der Waals surface area (Å²) in [5.41, 5.74) is 0. The molecule has 0 aromatic carbocycles. The number of aliphatic hydroxyl groups excluding tert-OH is 1. The van der Waals surface area contributed by atoms with Crippen LogP contribution >= 0.6 is 0 Å². The Labute approximate surface area is 118 Å². The van der Waals surface area contributed by atoms with Crippen molar-refractivity contribution in [2.75, 3.05) is 0 Å². The van der Waals surface area contributed by atoms with Crippen molar-refractivity contribution in [2.45, 2.75) is 89.4 Å². The van der Waals surface area contributed by atoms with E-state index in [4.69, 9.17) is 4.55 Å². The Morgan fingerprint density at radius 2 is 1.42 bits per heavy atom. The highest BCUT2D eigenvalue weighted by atomic mass is 32.2. The summed E-state index contributed by atoms with van der Waals surface area (Å²) in [6.45, 7) is 3.69. The van der Waals surface area contributed by atoms with Gasteiger partial charge in [-0.05, 0) is 32.6 Å². The summed E-state index contributed by atoms with van der Waals surface area (Å²) in [5, 5.41) is 9.03. The molecule has 116 valence electrons. The number of aliphatic hydroxyl groups is 1. The van der Waals surface area contributed by atoms with Crippen LogP contribution in [0.4, 0.5) is 0 Å². The lowest BCUT2D eigenvalue weighted by atomic mass is 10.0. The second-order valence-corrected chi connectivity index (χ2v) is 7.30. The lowest BCUT2D eigenvalue weighted by Gasteiger charge is -2.12. The second kappa shape index (κ2) is 10.6. The molecule has 0 aromatic rings. The van der Waals surface area contributed by atoms with Crippen LogP contribution in [-0.2, 0) is 10.1 Å². The van der Waals surface area contributed by atoms with Crippen molar-refractivity contribution in [3.05, 3.63) is 0 Å². The van der Waals surface area contributed by atoms with E-state index in [0.717, 1.165) is 12.8 Å².